The minimum absolute atomic E-state index is 0.00500. The van der Waals surface area contributed by atoms with Crippen LogP contribution in [0.3, 0.4) is 0 Å². The molecule has 2 aliphatic rings. The minimum Gasteiger partial charge on any atom is -0.365 e. The molecule has 0 bridgehead atoms. The molecular formula is C16H22N6O2. The van der Waals surface area contributed by atoms with Gasteiger partial charge in [-0.1, -0.05) is 0 Å². The molecule has 0 radical (unpaired) electrons. The van der Waals surface area contributed by atoms with E-state index in [0.717, 1.165) is 30.2 Å². The number of aryl methyl sites for hydroxylation is 1. The van der Waals surface area contributed by atoms with Crippen molar-refractivity contribution in [3.8, 4) is 0 Å². The van der Waals surface area contributed by atoms with Gasteiger partial charge in [-0.3, -0.25) is 14.6 Å². The number of aromatic amines is 1. The fourth-order valence-electron chi connectivity index (χ4n) is 3.04. The average molecular weight is 330 g/mol. The monoisotopic (exact) mass is 330 g/mol. The van der Waals surface area contributed by atoms with E-state index in [-0.39, 0.29) is 18.1 Å². The van der Waals surface area contributed by atoms with Crippen molar-refractivity contribution >= 4 is 5.91 Å². The molecule has 1 aliphatic carbocycles. The van der Waals surface area contributed by atoms with Crippen LogP contribution in [0.15, 0.2) is 6.20 Å². The Labute approximate surface area is 140 Å². The number of nitrogens with zero attached hydrogens (tertiary/aromatic N) is 4. The third-order valence-electron chi connectivity index (χ3n) is 4.85. The number of hydrogen-bond donors (Lipinski definition) is 2. The number of rotatable bonds is 5. The van der Waals surface area contributed by atoms with Crippen LogP contribution in [0.25, 0.3) is 0 Å². The number of carbonyl (C=O) groups excluding carboxylic acids is 1. The summed E-state index contributed by atoms with van der Waals surface area (Å²) in [4.78, 5) is 16.8. The van der Waals surface area contributed by atoms with E-state index in [9.17, 15) is 4.79 Å². The maximum atomic E-state index is 12.2. The van der Waals surface area contributed by atoms with Gasteiger partial charge in [0.15, 0.2) is 11.6 Å². The lowest BCUT2D eigenvalue weighted by molar-refractivity contribution is 0.0392. The molecule has 1 saturated carbocycles. The van der Waals surface area contributed by atoms with Gasteiger partial charge in [-0.25, -0.2) is 4.98 Å². The third kappa shape index (κ3) is 2.93. The van der Waals surface area contributed by atoms with Crippen LogP contribution in [0.4, 0.5) is 0 Å². The Kier molecular flexibility index (Phi) is 3.84. The number of hydrogen-bond acceptors (Lipinski definition) is 5. The molecule has 1 saturated heterocycles. The molecule has 1 amide bonds. The van der Waals surface area contributed by atoms with Gasteiger partial charge in [-0.2, -0.15) is 10.2 Å². The highest BCUT2D eigenvalue weighted by atomic mass is 16.5. The summed E-state index contributed by atoms with van der Waals surface area (Å²) in [7, 11) is 1.82. The molecule has 0 spiro atoms. The Bertz CT molecular complexity index is 748. The van der Waals surface area contributed by atoms with Crippen LogP contribution in [0, 0.1) is 6.92 Å². The van der Waals surface area contributed by atoms with Gasteiger partial charge in [0.25, 0.3) is 5.91 Å². The molecule has 4 rings (SSSR count). The van der Waals surface area contributed by atoms with Crippen LogP contribution < -0.4 is 5.32 Å². The summed E-state index contributed by atoms with van der Waals surface area (Å²) in [6.07, 6.45) is 5.72. The minimum atomic E-state index is -0.108. The number of H-pyrrole nitrogens is 1. The molecule has 2 aromatic heterocycles. The van der Waals surface area contributed by atoms with Crippen molar-refractivity contribution < 1.29 is 9.53 Å². The third-order valence-corrected chi connectivity index (χ3v) is 4.85. The Balaban J connectivity index is 1.30. The first-order valence-corrected chi connectivity index (χ1v) is 8.46. The lowest BCUT2D eigenvalue weighted by atomic mass is 10.2. The zero-order valence-corrected chi connectivity index (χ0v) is 14.0. The van der Waals surface area contributed by atoms with E-state index < -0.39 is 0 Å². The summed E-state index contributed by atoms with van der Waals surface area (Å²) >= 11 is 0. The summed E-state index contributed by atoms with van der Waals surface area (Å²) < 4.78 is 7.71. The van der Waals surface area contributed by atoms with Crippen molar-refractivity contribution in [2.45, 2.75) is 50.7 Å². The van der Waals surface area contributed by atoms with Crippen LogP contribution in [0.5, 0.6) is 0 Å². The van der Waals surface area contributed by atoms with E-state index in [2.05, 4.69) is 25.6 Å². The molecule has 1 aliphatic heterocycles. The molecule has 2 aromatic rings. The van der Waals surface area contributed by atoms with Crippen molar-refractivity contribution in [2.75, 3.05) is 6.54 Å². The highest BCUT2D eigenvalue weighted by molar-refractivity contribution is 5.95. The summed E-state index contributed by atoms with van der Waals surface area (Å²) in [5.41, 5.74) is 1.46. The Morgan fingerprint density at radius 3 is 2.96 bits per heavy atom. The lowest BCUT2D eigenvalue weighted by Gasteiger charge is -2.13. The van der Waals surface area contributed by atoms with Gasteiger partial charge in [-0.15, -0.1) is 0 Å². The highest BCUT2D eigenvalue weighted by Crippen LogP contribution is 2.39. The second-order valence-electron chi connectivity index (χ2n) is 6.65. The first-order valence-electron chi connectivity index (χ1n) is 8.46. The topological polar surface area (TPSA) is 97.7 Å². The molecule has 2 N–H and O–H groups in total. The van der Waals surface area contributed by atoms with Crippen molar-refractivity contribution in [1.82, 2.24) is 30.3 Å². The Hall–Kier alpha value is -2.22. The average Bonchev–Trinajstić information content (AvgIpc) is 2.98. The number of nitrogens with one attached hydrogen (secondary N) is 2. The second-order valence-corrected chi connectivity index (χ2v) is 6.65. The zero-order valence-electron chi connectivity index (χ0n) is 14.0. The van der Waals surface area contributed by atoms with Gasteiger partial charge >= 0.3 is 0 Å². The summed E-state index contributed by atoms with van der Waals surface area (Å²) in [5, 5.41) is 14.3. The van der Waals surface area contributed by atoms with E-state index in [1.54, 1.807) is 10.9 Å². The van der Waals surface area contributed by atoms with Crippen LogP contribution in [-0.4, -0.2) is 43.5 Å². The van der Waals surface area contributed by atoms with Gasteiger partial charge in [0.2, 0.25) is 0 Å². The molecule has 8 nitrogen and oxygen atoms in total. The van der Waals surface area contributed by atoms with Crippen LogP contribution in [0.2, 0.25) is 0 Å². The van der Waals surface area contributed by atoms with Gasteiger partial charge in [0, 0.05) is 25.2 Å². The van der Waals surface area contributed by atoms with Crippen LogP contribution >= 0.6 is 0 Å². The maximum Gasteiger partial charge on any atom is 0.254 e. The molecule has 128 valence electrons. The van der Waals surface area contributed by atoms with Crippen molar-refractivity contribution in [3.05, 3.63) is 29.1 Å². The fourth-order valence-corrected chi connectivity index (χ4v) is 3.04. The van der Waals surface area contributed by atoms with Gasteiger partial charge in [0.05, 0.1) is 17.9 Å². The zero-order chi connectivity index (χ0) is 16.7. The van der Waals surface area contributed by atoms with Crippen molar-refractivity contribution in [1.29, 1.82) is 0 Å². The quantitative estimate of drug-likeness (QED) is 0.863. The van der Waals surface area contributed by atoms with Crippen molar-refractivity contribution in [2.24, 2.45) is 7.05 Å². The molecule has 2 fully saturated rings. The van der Waals surface area contributed by atoms with E-state index >= 15 is 0 Å². The number of ether oxygens (including phenoxy) is 1. The van der Waals surface area contributed by atoms with Crippen LogP contribution in [-0.2, 0) is 11.8 Å². The first-order chi connectivity index (χ1) is 11.6. The largest absolute Gasteiger partial charge is 0.365 e. The van der Waals surface area contributed by atoms with Crippen molar-refractivity contribution in [3.63, 3.8) is 0 Å². The summed E-state index contributed by atoms with van der Waals surface area (Å²) in [5.74, 6) is 2.16. The maximum absolute atomic E-state index is 12.2. The molecule has 8 heteroatoms. The number of amides is 1. The molecule has 24 heavy (non-hydrogen) atoms. The first kappa shape index (κ1) is 15.3. The Morgan fingerprint density at radius 2 is 2.25 bits per heavy atom. The summed E-state index contributed by atoms with van der Waals surface area (Å²) in [6, 6.07) is 0. The molecular weight excluding hydrogens is 308 g/mol. The van der Waals surface area contributed by atoms with Gasteiger partial charge in [0.1, 0.15) is 6.10 Å². The number of carbonyl (C=O) groups is 1. The smallest absolute Gasteiger partial charge is 0.254 e. The standard InChI is InChI=1S/C16H22N6O2/c1-9-12(8-18-22(9)2)16(23)17-7-11-5-6-13(24-11)15-19-14(20-21-15)10-3-4-10/h8,10-11,13H,3-7H2,1-2H3,(H,17,23)(H,19,20,21)/t11-,13+/m1/s1. The van der Waals surface area contributed by atoms with E-state index in [4.69, 9.17) is 4.74 Å². The number of aromatic nitrogens is 5. The highest BCUT2D eigenvalue weighted by Gasteiger charge is 2.32. The molecule has 0 aromatic carbocycles. The molecule has 2 atom stereocenters. The van der Waals surface area contributed by atoms with Crippen LogP contribution in [0.1, 0.15) is 65.4 Å². The fraction of sp³-hybridized carbons (Fsp3) is 0.625. The van der Waals surface area contributed by atoms with E-state index in [1.807, 2.05) is 14.0 Å². The molecule has 0 unspecified atom stereocenters. The predicted octanol–water partition coefficient (Wildman–Crippen LogP) is 1.37. The van der Waals surface area contributed by atoms with E-state index in [0.29, 0.717) is 18.0 Å². The second kappa shape index (κ2) is 6.01. The summed E-state index contributed by atoms with van der Waals surface area (Å²) in [6.45, 7) is 2.37. The van der Waals surface area contributed by atoms with Gasteiger partial charge < -0.3 is 10.1 Å². The predicted molar refractivity (Wildman–Crippen MR) is 85.5 cm³/mol. The molecule has 3 heterocycles. The van der Waals surface area contributed by atoms with Gasteiger partial charge in [-0.05, 0) is 32.6 Å². The van der Waals surface area contributed by atoms with E-state index in [1.165, 1.54) is 12.8 Å². The SMILES string of the molecule is Cc1c(C(=O)NC[C@H]2CC[C@@H](c3nc(C4CC4)n[nH]3)O2)cnn1C. The lowest BCUT2D eigenvalue weighted by Crippen LogP contribution is -2.32. The Morgan fingerprint density at radius 1 is 1.42 bits per heavy atom. The normalized spacial score (nSPS) is 23.6.